The minimum absolute atomic E-state index is 0.469. The molecule has 1 aromatic heterocycles. The standard InChI is InChI=1S/C10H13Cl2N3/c1-15(8-2-3-13-6-8)10-9(12)4-7(11)5-14-10/h4-5,8,13H,2-3,6H2,1H3. The summed E-state index contributed by atoms with van der Waals surface area (Å²) >= 11 is 11.9. The van der Waals surface area contributed by atoms with Gasteiger partial charge in [0.2, 0.25) is 0 Å². The van der Waals surface area contributed by atoms with Gasteiger partial charge in [0.05, 0.1) is 10.0 Å². The Labute approximate surface area is 99.4 Å². The first-order valence-corrected chi connectivity index (χ1v) is 5.68. The maximum Gasteiger partial charge on any atom is 0.147 e. The highest BCUT2D eigenvalue weighted by molar-refractivity contribution is 6.36. The van der Waals surface area contributed by atoms with E-state index in [1.54, 1.807) is 12.3 Å². The highest BCUT2D eigenvalue weighted by atomic mass is 35.5. The predicted octanol–water partition coefficient (Wildman–Crippen LogP) is 2.19. The van der Waals surface area contributed by atoms with Crippen molar-refractivity contribution in [2.75, 3.05) is 25.0 Å². The summed E-state index contributed by atoms with van der Waals surface area (Å²) in [5.74, 6) is 0.801. The van der Waals surface area contributed by atoms with Gasteiger partial charge < -0.3 is 10.2 Å². The van der Waals surface area contributed by atoms with Crippen LogP contribution in [0.5, 0.6) is 0 Å². The molecule has 15 heavy (non-hydrogen) atoms. The van der Waals surface area contributed by atoms with Crippen LogP contribution < -0.4 is 10.2 Å². The van der Waals surface area contributed by atoms with E-state index in [0.717, 1.165) is 25.3 Å². The average molecular weight is 246 g/mol. The molecular formula is C10H13Cl2N3. The minimum Gasteiger partial charge on any atom is -0.354 e. The fraction of sp³-hybridized carbons (Fsp3) is 0.500. The Morgan fingerprint density at radius 3 is 2.93 bits per heavy atom. The van der Waals surface area contributed by atoms with E-state index in [9.17, 15) is 0 Å². The summed E-state index contributed by atoms with van der Waals surface area (Å²) in [6, 6.07) is 2.20. The first-order valence-electron chi connectivity index (χ1n) is 4.93. The number of rotatable bonds is 2. The molecular weight excluding hydrogens is 233 g/mol. The van der Waals surface area contributed by atoms with Crippen molar-refractivity contribution >= 4 is 29.0 Å². The zero-order chi connectivity index (χ0) is 10.8. The number of hydrogen-bond acceptors (Lipinski definition) is 3. The number of likely N-dealkylation sites (N-methyl/N-ethyl adjacent to an activating group) is 1. The summed E-state index contributed by atoms with van der Waals surface area (Å²) in [4.78, 5) is 6.37. The van der Waals surface area contributed by atoms with Crippen molar-refractivity contribution in [2.24, 2.45) is 0 Å². The maximum absolute atomic E-state index is 6.09. The number of hydrogen-bond donors (Lipinski definition) is 1. The molecule has 0 amide bonds. The maximum atomic E-state index is 6.09. The quantitative estimate of drug-likeness (QED) is 0.866. The van der Waals surface area contributed by atoms with Crippen molar-refractivity contribution in [3.8, 4) is 0 Å². The van der Waals surface area contributed by atoms with E-state index < -0.39 is 0 Å². The molecule has 5 heteroatoms. The molecule has 3 nitrogen and oxygen atoms in total. The van der Waals surface area contributed by atoms with Crippen molar-refractivity contribution in [3.05, 3.63) is 22.3 Å². The number of nitrogens with one attached hydrogen (secondary N) is 1. The van der Waals surface area contributed by atoms with Crippen LogP contribution in [0, 0.1) is 0 Å². The zero-order valence-electron chi connectivity index (χ0n) is 8.50. The molecule has 1 aromatic rings. The molecule has 1 unspecified atom stereocenters. The van der Waals surface area contributed by atoms with Crippen molar-refractivity contribution < 1.29 is 0 Å². The summed E-state index contributed by atoms with van der Waals surface area (Å²) in [6.45, 7) is 2.04. The summed E-state index contributed by atoms with van der Waals surface area (Å²) in [7, 11) is 2.01. The molecule has 0 bridgehead atoms. The van der Waals surface area contributed by atoms with Gasteiger partial charge in [0, 0.05) is 25.8 Å². The number of halogens is 2. The van der Waals surface area contributed by atoms with Gasteiger partial charge >= 0.3 is 0 Å². The Bertz CT molecular complexity index is 351. The number of pyridine rings is 1. The van der Waals surface area contributed by atoms with E-state index in [1.165, 1.54) is 0 Å². The Balaban J connectivity index is 2.20. The van der Waals surface area contributed by atoms with Crippen molar-refractivity contribution in [1.29, 1.82) is 0 Å². The molecule has 1 fully saturated rings. The lowest BCUT2D eigenvalue weighted by molar-refractivity contribution is 0.678. The Morgan fingerprint density at radius 2 is 2.33 bits per heavy atom. The molecule has 82 valence electrons. The molecule has 1 aliphatic heterocycles. The van der Waals surface area contributed by atoms with Gasteiger partial charge in [-0.25, -0.2) is 4.98 Å². The predicted molar refractivity (Wildman–Crippen MR) is 63.9 cm³/mol. The molecule has 0 saturated carbocycles. The van der Waals surface area contributed by atoms with Crippen LogP contribution >= 0.6 is 23.2 Å². The van der Waals surface area contributed by atoms with Gasteiger partial charge in [0.25, 0.3) is 0 Å². The molecule has 1 saturated heterocycles. The molecule has 1 N–H and O–H groups in total. The van der Waals surface area contributed by atoms with Crippen LogP contribution in [0.4, 0.5) is 5.82 Å². The monoisotopic (exact) mass is 245 g/mol. The fourth-order valence-corrected chi connectivity index (χ4v) is 2.32. The Morgan fingerprint density at radius 1 is 1.53 bits per heavy atom. The summed E-state index contributed by atoms with van der Waals surface area (Å²) in [6.07, 6.45) is 2.75. The molecule has 2 heterocycles. The molecule has 2 rings (SSSR count). The Hall–Kier alpha value is -0.510. The highest BCUT2D eigenvalue weighted by Gasteiger charge is 2.21. The van der Waals surface area contributed by atoms with E-state index in [2.05, 4.69) is 15.2 Å². The van der Waals surface area contributed by atoms with E-state index in [1.807, 2.05) is 7.05 Å². The van der Waals surface area contributed by atoms with Crippen LogP contribution in [0.25, 0.3) is 0 Å². The van der Waals surface area contributed by atoms with Gasteiger partial charge in [-0.3, -0.25) is 0 Å². The lowest BCUT2D eigenvalue weighted by atomic mass is 10.2. The first kappa shape index (κ1) is 11.0. The minimum atomic E-state index is 0.469. The zero-order valence-corrected chi connectivity index (χ0v) is 10.0. The molecule has 0 radical (unpaired) electrons. The third-order valence-electron chi connectivity index (χ3n) is 2.70. The second-order valence-corrected chi connectivity index (χ2v) is 4.56. The number of nitrogens with zero attached hydrogens (tertiary/aromatic N) is 2. The summed E-state index contributed by atoms with van der Waals surface area (Å²) in [5.41, 5.74) is 0. The SMILES string of the molecule is CN(c1ncc(Cl)cc1Cl)C1CCNC1. The van der Waals surface area contributed by atoms with Crippen molar-refractivity contribution in [3.63, 3.8) is 0 Å². The first-order chi connectivity index (χ1) is 7.18. The van der Waals surface area contributed by atoms with Gasteiger partial charge in [-0.1, -0.05) is 23.2 Å². The smallest absolute Gasteiger partial charge is 0.147 e. The molecule has 0 spiro atoms. The third kappa shape index (κ3) is 2.36. The Kier molecular flexibility index (Phi) is 3.34. The van der Waals surface area contributed by atoms with Gasteiger partial charge in [0.1, 0.15) is 5.82 Å². The van der Waals surface area contributed by atoms with Gasteiger partial charge in [0.15, 0.2) is 0 Å². The summed E-state index contributed by atoms with van der Waals surface area (Å²) < 4.78 is 0. The summed E-state index contributed by atoms with van der Waals surface area (Å²) in [5, 5.41) is 4.49. The third-order valence-corrected chi connectivity index (χ3v) is 3.19. The average Bonchev–Trinajstić information content (AvgIpc) is 2.69. The normalized spacial score (nSPS) is 20.6. The van der Waals surface area contributed by atoms with Gasteiger partial charge in [-0.2, -0.15) is 0 Å². The lowest BCUT2D eigenvalue weighted by Crippen LogP contribution is -2.34. The van der Waals surface area contributed by atoms with Gasteiger partial charge in [-0.05, 0) is 19.0 Å². The van der Waals surface area contributed by atoms with Crippen LogP contribution in [0.2, 0.25) is 10.0 Å². The number of aromatic nitrogens is 1. The van der Waals surface area contributed by atoms with E-state index in [0.29, 0.717) is 16.1 Å². The molecule has 1 atom stereocenters. The van der Waals surface area contributed by atoms with Crippen LogP contribution in [0.15, 0.2) is 12.3 Å². The van der Waals surface area contributed by atoms with Gasteiger partial charge in [-0.15, -0.1) is 0 Å². The second kappa shape index (κ2) is 4.56. The lowest BCUT2D eigenvalue weighted by Gasteiger charge is -2.25. The van der Waals surface area contributed by atoms with Crippen molar-refractivity contribution in [1.82, 2.24) is 10.3 Å². The van der Waals surface area contributed by atoms with E-state index in [4.69, 9.17) is 23.2 Å². The largest absolute Gasteiger partial charge is 0.354 e. The molecule has 0 aliphatic carbocycles. The number of anilines is 1. The highest BCUT2D eigenvalue weighted by Crippen LogP contribution is 2.27. The fourth-order valence-electron chi connectivity index (χ4n) is 1.81. The van der Waals surface area contributed by atoms with Crippen LogP contribution in [-0.4, -0.2) is 31.2 Å². The topological polar surface area (TPSA) is 28.2 Å². The molecule has 1 aliphatic rings. The second-order valence-electron chi connectivity index (χ2n) is 3.72. The van der Waals surface area contributed by atoms with E-state index >= 15 is 0 Å². The van der Waals surface area contributed by atoms with Crippen LogP contribution in [0.1, 0.15) is 6.42 Å². The van der Waals surface area contributed by atoms with Crippen LogP contribution in [0.3, 0.4) is 0 Å². The molecule has 0 aromatic carbocycles. The van der Waals surface area contributed by atoms with Crippen LogP contribution in [-0.2, 0) is 0 Å². The van der Waals surface area contributed by atoms with E-state index in [-0.39, 0.29) is 0 Å². The van der Waals surface area contributed by atoms with Crippen molar-refractivity contribution in [2.45, 2.75) is 12.5 Å².